The van der Waals surface area contributed by atoms with E-state index >= 15 is 0 Å². The highest BCUT2D eigenvalue weighted by Gasteiger charge is 2.32. The van der Waals surface area contributed by atoms with Crippen molar-refractivity contribution >= 4 is 15.7 Å². The van der Waals surface area contributed by atoms with Crippen molar-refractivity contribution in [1.82, 2.24) is 4.90 Å². The highest BCUT2D eigenvalue weighted by Crippen LogP contribution is 2.17. The lowest BCUT2D eigenvalue weighted by Crippen LogP contribution is -2.40. The van der Waals surface area contributed by atoms with Crippen molar-refractivity contribution in [1.29, 1.82) is 0 Å². The zero-order chi connectivity index (χ0) is 12.3. The van der Waals surface area contributed by atoms with Crippen molar-refractivity contribution in [2.24, 2.45) is 5.73 Å². The van der Waals surface area contributed by atoms with E-state index in [0.29, 0.717) is 12.8 Å². The molecule has 0 spiro atoms. The van der Waals surface area contributed by atoms with Gasteiger partial charge in [-0.25, -0.2) is 8.42 Å². The third-order valence-corrected chi connectivity index (χ3v) is 4.86. The van der Waals surface area contributed by atoms with Gasteiger partial charge in [0.25, 0.3) is 0 Å². The van der Waals surface area contributed by atoms with Crippen LogP contribution in [0.1, 0.15) is 26.2 Å². The van der Waals surface area contributed by atoms with Crippen molar-refractivity contribution in [3.63, 3.8) is 0 Å². The van der Waals surface area contributed by atoms with Gasteiger partial charge >= 0.3 is 0 Å². The van der Waals surface area contributed by atoms with Gasteiger partial charge in [0.2, 0.25) is 5.91 Å². The minimum atomic E-state index is -2.93. The number of carbonyl (C=O) groups excluding carboxylic acids is 1. The SMILES string of the molecule is CCC(N)CC(=O)N(C)C1CCS(=O)(=O)C1. The zero-order valence-corrected chi connectivity index (χ0v) is 10.7. The molecule has 2 N–H and O–H groups in total. The second-order valence-corrected chi connectivity index (χ2v) is 6.66. The number of hydrogen-bond donors (Lipinski definition) is 1. The molecule has 5 nitrogen and oxygen atoms in total. The summed E-state index contributed by atoms with van der Waals surface area (Å²) >= 11 is 0. The Morgan fingerprint density at radius 3 is 2.62 bits per heavy atom. The summed E-state index contributed by atoms with van der Waals surface area (Å²) < 4.78 is 22.6. The van der Waals surface area contributed by atoms with E-state index in [-0.39, 0.29) is 29.5 Å². The summed E-state index contributed by atoms with van der Waals surface area (Å²) in [4.78, 5) is 13.3. The van der Waals surface area contributed by atoms with Crippen molar-refractivity contribution in [3.05, 3.63) is 0 Å². The van der Waals surface area contributed by atoms with Crippen LogP contribution < -0.4 is 5.73 Å². The average Bonchev–Trinajstić information content (AvgIpc) is 2.57. The second-order valence-electron chi connectivity index (χ2n) is 4.43. The normalized spacial score (nSPS) is 25.3. The van der Waals surface area contributed by atoms with Crippen LogP contribution in [-0.4, -0.2) is 49.9 Å². The highest BCUT2D eigenvalue weighted by molar-refractivity contribution is 7.91. The summed E-state index contributed by atoms with van der Waals surface area (Å²) in [7, 11) is -1.27. The Hall–Kier alpha value is -0.620. The fourth-order valence-electron chi connectivity index (χ4n) is 1.80. The van der Waals surface area contributed by atoms with Crippen molar-refractivity contribution in [3.8, 4) is 0 Å². The quantitative estimate of drug-likeness (QED) is 0.744. The maximum absolute atomic E-state index is 11.8. The molecule has 6 heteroatoms. The molecule has 1 rings (SSSR count). The van der Waals surface area contributed by atoms with Crippen LogP contribution in [0.2, 0.25) is 0 Å². The fourth-order valence-corrected chi connectivity index (χ4v) is 3.57. The Bertz CT molecular complexity index is 353. The van der Waals surface area contributed by atoms with Crippen LogP contribution in [0.4, 0.5) is 0 Å². The molecular weight excluding hydrogens is 228 g/mol. The third-order valence-electron chi connectivity index (χ3n) is 3.11. The Balaban J connectivity index is 2.52. The predicted octanol–water partition coefficient (Wildman–Crippen LogP) is -0.241. The molecule has 1 saturated heterocycles. The first kappa shape index (κ1) is 13.4. The lowest BCUT2D eigenvalue weighted by Gasteiger charge is -2.24. The monoisotopic (exact) mass is 248 g/mol. The standard InChI is InChI=1S/C10H20N2O3S/c1-3-8(11)6-10(13)12(2)9-4-5-16(14,15)7-9/h8-9H,3-7,11H2,1-2H3. The molecule has 1 aliphatic rings. The van der Waals surface area contributed by atoms with Crippen LogP contribution in [-0.2, 0) is 14.6 Å². The maximum Gasteiger partial charge on any atom is 0.224 e. The van der Waals surface area contributed by atoms with Crippen molar-refractivity contribution in [2.45, 2.75) is 38.3 Å². The Kier molecular flexibility index (Phi) is 4.32. The van der Waals surface area contributed by atoms with Gasteiger partial charge in [0, 0.05) is 25.6 Å². The largest absolute Gasteiger partial charge is 0.342 e. The number of rotatable bonds is 4. The van der Waals surface area contributed by atoms with E-state index in [1.165, 1.54) is 0 Å². The molecule has 0 aromatic carbocycles. The van der Waals surface area contributed by atoms with Gasteiger partial charge in [0.15, 0.2) is 9.84 Å². The van der Waals surface area contributed by atoms with Crippen LogP contribution in [0, 0.1) is 0 Å². The first-order valence-corrected chi connectivity index (χ1v) is 7.39. The Labute approximate surface area is 96.9 Å². The molecule has 1 fully saturated rings. The van der Waals surface area contributed by atoms with E-state index in [1.807, 2.05) is 6.92 Å². The summed E-state index contributed by atoms with van der Waals surface area (Å²) in [6, 6.07) is -0.297. The third kappa shape index (κ3) is 3.45. The Morgan fingerprint density at radius 1 is 1.56 bits per heavy atom. The molecule has 0 aliphatic carbocycles. The van der Waals surface area contributed by atoms with E-state index < -0.39 is 9.84 Å². The predicted molar refractivity (Wildman–Crippen MR) is 62.7 cm³/mol. The minimum absolute atomic E-state index is 0.0588. The number of hydrogen-bond acceptors (Lipinski definition) is 4. The topological polar surface area (TPSA) is 80.5 Å². The molecule has 1 aliphatic heterocycles. The molecule has 0 aromatic heterocycles. The molecule has 0 aromatic rings. The summed E-state index contributed by atoms with van der Waals surface area (Å²) in [5.74, 6) is 0.225. The lowest BCUT2D eigenvalue weighted by molar-refractivity contribution is -0.131. The molecular formula is C10H20N2O3S. The molecule has 1 amide bonds. The first-order valence-electron chi connectivity index (χ1n) is 5.57. The number of amides is 1. The summed E-state index contributed by atoms with van der Waals surface area (Å²) in [5.41, 5.74) is 5.70. The second kappa shape index (κ2) is 5.14. The van der Waals surface area contributed by atoms with Crippen LogP contribution in [0.3, 0.4) is 0 Å². The first-order chi connectivity index (χ1) is 7.35. The molecule has 0 saturated carbocycles. The van der Waals surface area contributed by atoms with Crippen LogP contribution in [0.15, 0.2) is 0 Å². The van der Waals surface area contributed by atoms with E-state index in [2.05, 4.69) is 0 Å². The molecule has 1 heterocycles. The zero-order valence-electron chi connectivity index (χ0n) is 9.85. The van der Waals surface area contributed by atoms with E-state index in [4.69, 9.17) is 5.73 Å². The molecule has 2 unspecified atom stereocenters. The van der Waals surface area contributed by atoms with E-state index in [1.54, 1.807) is 11.9 Å². The van der Waals surface area contributed by atoms with Gasteiger partial charge in [-0.05, 0) is 12.8 Å². The van der Waals surface area contributed by atoms with E-state index in [0.717, 1.165) is 6.42 Å². The maximum atomic E-state index is 11.8. The van der Waals surface area contributed by atoms with Gasteiger partial charge in [-0.1, -0.05) is 6.92 Å². The van der Waals surface area contributed by atoms with Gasteiger partial charge in [-0.2, -0.15) is 0 Å². The molecule has 94 valence electrons. The van der Waals surface area contributed by atoms with Crippen molar-refractivity contribution in [2.75, 3.05) is 18.6 Å². The molecule has 0 radical (unpaired) electrons. The summed E-state index contributed by atoms with van der Waals surface area (Å²) in [6.45, 7) is 1.93. The van der Waals surface area contributed by atoms with Gasteiger partial charge in [0.1, 0.15) is 0 Å². The highest BCUT2D eigenvalue weighted by atomic mass is 32.2. The van der Waals surface area contributed by atoms with Gasteiger partial charge in [0.05, 0.1) is 11.5 Å². The number of carbonyl (C=O) groups is 1. The number of nitrogens with zero attached hydrogens (tertiary/aromatic N) is 1. The fraction of sp³-hybridized carbons (Fsp3) is 0.900. The molecule has 0 bridgehead atoms. The molecule has 2 atom stereocenters. The number of sulfone groups is 1. The summed E-state index contributed by atoms with van der Waals surface area (Å²) in [5, 5.41) is 0. The smallest absolute Gasteiger partial charge is 0.224 e. The minimum Gasteiger partial charge on any atom is -0.342 e. The van der Waals surface area contributed by atoms with E-state index in [9.17, 15) is 13.2 Å². The van der Waals surface area contributed by atoms with Crippen molar-refractivity contribution < 1.29 is 13.2 Å². The van der Waals surface area contributed by atoms with Gasteiger partial charge in [-0.3, -0.25) is 4.79 Å². The van der Waals surface area contributed by atoms with Gasteiger partial charge < -0.3 is 10.6 Å². The van der Waals surface area contributed by atoms with Gasteiger partial charge in [-0.15, -0.1) is 0 Å². The van der Waals surface area contributed by atoms with Crippen LogP contribution in [0.25, 0.3) is 0 Å². The lowest BCUT2D eigenvalue weighted by atomic mass is 10.1. The van der Waals surface area contributed by atoms with Crippen LogP contribution >= 0.6 is 0 Å². The summed E-state index contributed by atoms with van der Waals surface area (Å²) in [6.07, 6.45) is 1.60. The molecule has 16 heavy (non-hydrogen) atoms. The van der Waals surface area contributed by atoms with Crippen LogP contribution in [0.5, 0.6) is 0 Å². The average molecular weight is 248 g/mol. The number of nitrogens with two attached hydrogens (primary N) is 1. The Morgan fingerprint density at radius 2 is 2.19 bits per heavy atom.